The fraction of sp³-hybridized carbons (Fsp3) is 0.118. The summed E-state index contributed by atoms with van der Waals surface area (Å²) >= 11 is 6.01. The van der Waals surface area contributed by atoms with E-state index in [1.54, 1.807) is 18.3 Å². The first-order valence-corrected chi connectivity index (χ1v) is 7.13. The molecule has 2 amide bonds. The van der Waals surface area contributed by atoms with Gasteiger partial charge in [-0.05, 0) is 29.7 Å². The predicted molar refractivity (Wildman–Crippen MR) is 87.2 cm³/mol. The van der Waals surface area contributed by atoms with E-state index >= 15 is 0 Å². The van der Waals surface area contributed by atoms with Gasteiger partial charge < -0.3 is 10.6 Å². The standard InChI is InChI=1S/C17H17ClN2O/c18-16-9-5-4-8-15(16)11-13-20-17(21)19-12-10-14-6-2-1-3-7-14/h1-9,11,13H,10,12H2,(H2,19,20,21)/b13-11+. The Balaban J connectivity index is 1.71. The molecule has 0 aliphatic rings. The summed E-state index contributed by atoms with van der Waals surface area (Å²) in [5.41, 5.74) is 2.06. The quantitative estimate of drug-likeness (QED) is 0.865. The number of amides is 2. The molecule has 0 aromatic heterocycles. The molecule has 0 fully saturated rings. The zero-order chi connectivity index (χ0) is 14.9. The molecule has 0 heterocycles. The van der Waals surface area contributed by atoms with Gasteiger partial charge in [0.25, 0.3) is 0 Å². The average molecular weight is 301 g/mol. The Morgan fingerprint density at radius 2 is 1.76 bits per heavy atom. The second-order valence-corrected chi connectivity index (χ2v) is 4.90. The molecule has 2 rings (SSSR count). The van der Waals surface area contributed by atoms with Crippen LogP contribution in [0.3, 0.4) is 0 Å². The molecule has 0 aliphatic carbocycles. The normalized spacial score (nSPS) is 10.5. The van der Waals surface area contributed by atoms with Gasteiger partial charge in [0, 0.05) is 17.8 Å². The van der Waals surface area contributed by atoms with Crippen molar-refractivity contribution in [3.63, 3.8) is 0 Å². The van der Waals surface area contributed by atoms with E-state index in [4.69, 9.17) is 11.6 Å². The van der Waals surface area contributed by atoms with E-state index in [1.165, 1.54) is 5.56 Å². The molecule has 0 radical (unpaired) electrons. The van der Waals surface area contributed by atoms with Gasteiger partial charge in [-0.15, -0.1) is 0 Å². The van der Waals surface area contributed by atoms with Crippen LogP contribution in [0.1, 0.15) is 11.1 Å². The van der Waals surface area contributed by atoms with Crippen LogP contribution in [0.15, 0.2) is 60.8 Å². The summed E-state index contributed by atoms with van der Waals surface area (Å²) in [7, 11) is 0. The number of nitrogens with one attached hydrogen (secondary N) is 2. The highest BCUT2D eigenvalue weighted by Gasteiger charge is 1.97. The fourth-order valence-electron chi connectivity index (χ4n) is 1.83. The van der Waals surface area contributed by atoms with Crippen LogP contribution in [0.25, 0.3) is 6.08 Å². The first-order chi connectivity index (χ1) is 10.3. The van der Waals surface area contributed by atoms with Crippen molar-refractivity contribution < 1.29 is 4.79 Å². The van der Waals surface area contributed by atoms with Crippen LogP contribution in [0.5, 0.6) is 0 Å². The van der Waals surface area contributed by atoms with E-state index < -0.39 is 0 Å². The molecule has 0 unspecified atom stereocenters. The molecule has 0 spiro atoms. The van der Waals surface area contributed by atoms with E-state index in [0.29, 0.717) is 11.6 Å². The molecule has 0 bridgehead atoms. The number of benzene rings is 2. The van der Waals surface area contributed by atoms with Crippen LogP contribution < -0.4 is 10.6 Å². The van der Waals surface area contributed by atoms with E-state index in [0.717, 1.165) is 12.0 Å². The Bertz CT molecular complexity index is 611. The monoisotopic (exact) mass is 300 g/mol. The van der Waals surface area contributed by atoms with Gasteiger partial charge in [0.15, 0.2) is 0 Å². The lowest BCUT2D eigenvalue weighted by Crippen LogP contribution is -2.33. The minimum atomic E-state index is -0.228. The van der Waals surface area contributed by atoms with Gasteiger partial charge in [-0.2, -0.15) is 0 Å². The third-order valence-electron chi connectivity index (χ3n) is 2.92. The van der Waals surface area contributed by atoms with Crippen molar-refractivity contribution in [2.45, 2.75) is 6.42 Å². The minimum Gasteiger partial charge on any atom is -0.338 e. The van der Waals surface area contributed by atoms with Gasteiger partial charge in [-0.25, -0.2) is 4.79 Å². The molecule has 2 N–H and O–H groups in total. The van der Waals surface area contributed by atoms with Gasteiger partial charge in [0.1, 0.15) is 0 Å². The number of hydrogen-bond donors (Lipinski definition) is 2. The van der Waals surface area contributed by atoms with Gasteiger partial charge >= 0.3 is 6.03 Å². The maximum absolute atomic E-state index is 11.6. The van der Waals surface area contributed by atoms with Crippen LogP contribution in [-0.4, -0.2) is 12.6 Å². The van der Waals surface area contributed by atoms with Crippen molar-refractivity contribution in [2.75, 3.05) is 6.54 Å². The number of halogens is 1. The number of carbonyl (C=O) groups excluding carboxylic acids is 1. The summed E-state index contributed by atoms with van der Waals surface area (Å²) < 4.78 is 0. The van der Waals surface area contributed by atoms with E-state index in [2.05, 4.69) is 10.6 Å². The minimum absolute atomic E-state index is 0.228. The Morgan fingerprint density at radius 1 is 1.05 bits per heavy atom. The smallest absolute Gasteiger partial charge is 0.318 e. The molecule has 108 valence electrons. The third kappa shape index (κ3) is 5.32. The molecular weight excluding hydrogens is 284 g/mol. The van der Waals surface area contributed by atoms with Gasteiger partial charge in [0.2, 0.25) is 0 Å². The third-order valence-corrected chi connectivity index (χ3v) is 3.27. The summed E-state index contributed by atoms with van der Waals surface area (Å²) in [6.45, 7) is 0.593. The Hall–Kier alpha value is -2.26. The predicted octanol–water partition coefficient (Wildman–Crippen LogP) is 3.85. The van der Waals surface area contributed by atoms with Crippen molar-refractivity contribution in [3.8, 4) is 0 Å². The lowest BCUT2D eigenvalue weighted by molar-refractivity contribution is 0.244. The zero-order valence-corrected chi connectivity index (χ0v) is 12.3. The molecule has 2 aromatic carbocycles. The van der Waals surface area contributed by atoms with Crippen molar-refractivity contribution in [3.05, 3.63) is 76.9 Å². The molecule has 0 atom stereocenters. The average Bonchev–Trinajstić information content (AvgIpc) is 2.50. The molecule has 21 heavy (non-hydrogen) atoms. The topological polar surface area (TPSA) is 41.1 Å². The zero-order valence-electron chi connectivity index (χ0n) is 11.6. The molecule has 4 heteroatoms. The number of rotatable bonds is 5. The van der Waals surface area contributed by atoms with Crippen LogP contribution >= 0.6 is 11.6 Å². The second kappa shape index (κ2) is 8.12. The van der Waals surface area contributed by atoms with E-state index in [1.807, 2.05) is 48.5 Å². The van der Waals surface area contributed by atoms with Gasteiger partial charge in [-0.1, -0.05) is 60.1 Å². The summed E-state index contributed by atoms with van der Waals surface area (Å²) in [4.78, 5) is 11.6. The Kier molecular flexibility index (Phi) is 5.85. The van der Waals surface area contributed by atoms with Crippen molar-refractivity contribution in [1.29, 1.82) is 0 Å². The highest BCUT2D eigenvalue weighted by Crippen LogP contribution is 2.15. The van der Waals surface area contributed by atoms with Crippen molar-refractivity contribution in [2.24, 2.45) is 0 Å². The van der Waals surface area contributed by atoms with E-state index in [-0.39, 0.29) is 6.03 Å². The highest BCUT2D eigenvalue weighted by molar-refractivity contribution is 6.32. The first kappa shape index (κ1) is 15.1. The van der Waals surface area contributed by atoms with Crippen molar-refractivity contribution in [1.82, 2.24) is 10.6 Å². The molecule has 0 saturated carbocycles. The molecule has 0 saturated heterocycles. The van der Waals surface area contributed by atoms with Gasteiger partial charge in [0.05, 0.1) is 0 Å². The Morgan fingerprint density at radius 3 is 2.52 bits per heavy atom. The fourth-order valence-corrected chi connectivity index (χ4v) is 2.03. The summed E-state index contributed by atoms with van der Waals surface area (Å²) in [6, 6.07) is 17.2. The largest absolute Gasteiger partial charge is 0.338 e. The van der Waals surface area contributed by atoms with E-state index in [9.17, 15) is 4.79 Å². The Labute approximate surface area is 129 Å². The summed E-state index contributed by atoms with van der Waals surface area (Å²) in [5, 5.41) is 6.11. The SMILES string of the molecule is O=C(N/C=C/c1ccccc1Cl)NCCc1ccccc1. The maximum Gasteiger partial charge on any atom is 0.318 e. The molecule has 3 nitrogen and oxygen atoms in total. The lowest BCUT2D eigenvalue weighted by Gasteiger charge is -2.04. The maximum atomic E-state index is 11.6. The molecule has 0 aliphatic heterocycles. The number of urea groups is 1. The summed E-state index contributed by atoms with van der Waals surface area (Å²) in [5.74, 6) is 0. The number of hydrogen-bond acceptors (Lipinski definition) is 1. The van der Waals surface area contributed by atoms with Crippen LogP contribution in [0.2, 0.25) is 5.02 Å². The molecular formula is C17H17ClN2O. The first-order valence-electron chi connectivity index (χ1n) is 6.75. The number of carbonyl (C=O) groups is 1. The van der Waals surface area contributed by atoms with Crippen molar-refractivity contribution >= 4 is 23.7 Å². The van der Waals surface area contributed by atoms with Gasteiger partial charge in [-0.3, -0.25) is 0 Å². The second-order valence-electron chi connectivity index (χ2n) is 4.49. The van der Waals surface area contributed by atoms with Crippen LogP contribution in [0.4, 0.5) is 4.79 Å². The molecule has 2 aromatic rings. The summed E-state index contributed by atoms with van der Waals surface area (Å²) in [6.07, 6.45) is 4.15. The lowest BCUT2D eigenvalue weighted by atomic mass is 10.1. The van der Waals surface area contributed by atoms with Crippen LogP contribution in [-0.2, 0) is 6.42 Å². The van der Waals surface area contributed by atoms with Crippen LogP contribution in [0, 0.1) is 0 Å². The highest BCUT2D eigenvalue weighted by atomic mass is 35.5.